The van der Waals surface area contributed by atoms with Crippen molar-refractivity contribution in [2.45, 2.75) is 44.1 Å². The molecular formula is C17H20FN3O3. The number of nitrogens with zero attached hydrogens (tertiary/aromatic N) is 1. The third-order valence-corrected chi connectivity index (χ3v) is 4.63. The van der Waals surface area contributed by atoms with Gasteiger partial charge in [-0.05, 0) is 37.1 Å². The predicted molar refractivity (Wildman–Crippen MR) is 85.7 cm³/mol. The Hall–Kier alpha value is -2.44. The van der Waals surface area contributed by atoms with Gasteiger partial charge in [-0.25, -0.2) is 9.18 Å². The molecule has 1 aromatic rings. The molecule has 1 aromatic carbocycles. The number of nitrogens with one attached hydrogen (secondary N) is 2. The highest BCUT2D eigenvalue weighted by Gasteiger charge is 2.51. The number of carbonyl (C=O) groups is 3. The average Bonchev–Trinajstić information content (AvgIpc) is 2.73. The van der Waals surface area contributed by atoms with Crippen LogP contribution in [-0.4, -0.2) is 34.8 Å². The Morgan fingerprint density at radius 2 is 1.75 bits per heavy atom. The van der Waals surface area contributed by atoms with Crippen LogP contribution in [0.1, 0.15) is 38.5 Å². The number of rotatable bonds is 3. The molecule has 3 rings (SSSR count). The number of halogens is 1. The maximum atomic E-state index is 12.9. The van der Waals surface area contributed by atoms with Gasteiger partial charge in [0.15, 0.2) is 0 Å². The van der Waals surface area contributed by atoms with Crippen LogP contribution in [-0.2, 0) is 9.59 Å². The Morgan fingerprint density at radius 1 is 1.12 bits per heavy atom. The van der Waals surface area contributed by atoms with Crippen LogP contribution < -0.4 is 10.6 Å². The Bertz CT molecular complexity index is 652. The first-order valence-corrected chi connectivity index (χ1v) is 8.20. The van der Waals surface area contributed by atoms with E-state index < -0.39 is 23.3 Å². The summed E-state index contributed by atoms with van der Waals surface area (Å²) < 4.78 is 12.9. The fourth-order valence-electron chi connectivity index (χ4n) is 3.37. The van der Waals surface area contributed by atoms with E-state index in [0.29, 0.717) is 18.5 Å². The van der Waals surface area contributed by atoms with Gasteiger partial charge in [0.05, 0.1) is 0 Å². The molecular weight excluding hydrogens is 313 g/mol. The fraction of sp³-hybridized carbons (Fsp3) is 0.471. The van der Waals surface area contributed by atoms with Crippen LogP contribution in [0.4, 0.5) is 14.9 Å². The molecule has 0 unspecified atom stereocenters. The van der Waals surface area contributed by atoms with Gasteiger partial charge in [-0.2, -0.15) is 0 Å². The van der Waals surface area contributed by atoms with Gasteiger partial charge in [0.2, 0.25) is 5.91 Å². The molecule has 2 N–H and O–H groups in total. The monoisotopic (exact) mass is 333 g/mol. The summed E-state index contributed by atoms with van der Waals surface area (Å²) in [6.07, 6.45) is 5.12. The van der Waals surface area contributed by atoms with Gasteiger partial charge in [0.1, 0.15) is 17.9 Å². The second kappa shape index (κ2) is 6.59. The van der Waals surface area contributed by atoms with E-state index in [1.165, 1.54) is 24.3 Å². The predicted octanol–water partition coefficient (Wildman–Crippen LogP) is 2.41. The lowest BCUT2D eigenvalue weighted by atomic mass is 9.90. The molecule has 1 aliphatic carbocycles. The lowest BCUT2D eigenvalue weighted by molar-refractivity contribution is -0.134. The molecule has 1 saturated heterocycles. The summed E-state index contributed by atoms with van der Waals surface area (Å²) >= 11 is 0. The molecule has 2 fully saturated rings. The summed E-state index contributed by atoms with van der Waals surface area (Å²) in [6.45, 7) is -0.343. The normalized spacial score (nSPS) is 20.0. The Morgan fingerprint density at radius 3 is 2.38 bits per heavy atom. The van der Waals surface area contributed by atoms with Crippen molar-refractivity contribution in [3.05, 3.63) is 30.1 Å². The number of benzene rings is 1. The molecule has 1 spiro atoms. The number of hydrogen-bond donors (Lipinski definition) is 2. The molecule has 0 bridgehead atoms. The van der Waals surface area contributed by atoms with E-state index in [0.717, 1.165) is 30.6 Å². The molecule has 1 aliphatic heterocycles. The Labute approximate surface area is 139 Å². The summed E-state index contributed by atoms with van der Waals surface area (Å²) in [5.74, 6) is -1.21. The maximum absolute atomic E-state index is 12.9. The first kappa shape index (κ1) is 16.4. The van der Waals surface area contributed by atoms with Crippen molar-refractivity contribution >= 4 is 23.5 Å². The van der Waals surface area contributed by atoms with Crippen molar-refractivity contribution < 1.29 is 18.8 Å². The third kappa shape index (κ3) is 3.25. The summed E-state index contributed by atoms with van der Waals surface area (Å²) in [7, 11) is 0. The highest BCUT2D eigenvalue weighted by atomic mass is 19.1. The standard InChI is InChI=1S/C17H20FN3O3/c18-12-5-7-13(8-6-12)19-14(22)11-21-15(23)17(20-16(21)24)9-3-1-2-4-10-17/h5-8H,1-4,9-11H2,(H,19,22)(H,20,24). The number of anilines is 1. The van der Waals surface area contributed by atoms with Gasteiger partial charge in [-0.3, -0.25) is 14.5 Å². The molecule has 2 aliphatic rings. The van der Waals surface area contributed by atoms with E-state index in [1.807, 2.05) is 0 Å². The van der Waals surface area contributed by atoms with E-state index in [4.69, 9.17) is 0 Å². The van der Waals surface area contributed by atoms with Gasteiger partial charge in [0, 0.05) is 5.69 Å². The summed E-state index contributed by atoms with van der Waals surface area (Å²) in [4.78, 5) is 37.9. The minimum absolute atomic E-state index is 0.316. The topological polar surface area (TPSA) is 78.5 Å². The number of hydrogen-bond acceptors (Lipinski definition) is 3. The molecule has 1 saturated carbocycles. The smallest absolute Gasteiger partial charge is 0.325 e. The largest absolute Gasteiger partial charge is 0.325 e. The molecule has 128 valence electrons. The first-order chi connectivity index (χ1) is 11.5. The Kier molecular flexibility index (Phi) is 4.51. The lowest BCUT2D eigenvalue weighted by Crippen LogP contribution is -2.47. The van der Waals surface area contributed by atoms with Crippen molar-refractivity contribution in [3.8, 4) is 0 Å². The number of urea groups is 1. The highest BCUT2D eigenvalue weighted by molar-refractivity contribution is 6.10. The third-order valence-electron chi connectivity index (χ3n) is 4.63. The van der Waals surface area contributed by atoms with Crippen LogP contribution in [0.25, 0.3) is 0 Å². The number of amides is 4. The van der Waals surface area contributed by atoms with Crippen LogP contribution in [0.3, 0.4) is 0 Å². The van der Waals surface area contributed by atoms with E-state index >= 15 is 0 Å². The van der Waals surface area contributed by atoms with E-state index in [2.05, 4.69) is 10.6 Å². The fourth-order valence-corrected chi connectivity index (χ4v) is 3.37. The highest BCUT2D eigenvalue weighted by Crippen LogP contribution is 2.32. The van der Waals surface area contributed by atoms with Crippen molar-refractivity contribution in [3.63, 3.8) is 0 Å². The lowest BCUT2D eigenvalue weighted by Gasteiger charge is -2.24. The van der Waals surface area contributed by atoms with E-state index in [9.17, 15) is 18.8 Å². The minimum atomic E-state index is -0.844. The van der Waals surface area contributed by atoms with Crippen LogP contribution in [0.2, 0.25) is 0 Å². The van der Waals surface area contributed by atoms with Crippen molar-refractivity contribution in [2.75, 3.05) is 11.9 Å². The van der Waals surface area contributed by atoms with Crippen LogP contribution >= 0.6 is 0 Å². The van der Waals surface area contributed by atoms with Gasteiger partial charge in [-0.1, -0.05) is 25.7 Å². The number of imide groups is 1. The average molecular weight is 333 g/mol. The van der Waals surface area contributed by atoms with Crippen LogP contribution in [0, 0.1) is 5.82 Å². The van der Waals surface area contributed by atoms with E-state index in [1.54, 1.807) is 0 Å². The second-order valence-electron chi connectivity index (χ2n) is 6.37. The number of carbonyl (C=O) groups excluding carboxylic acids is 3. The zero-order valence-corrected chi connectivity index (χ0v) is 13.3. The summed E-state index contributed by atoms with van der Waals surface area (Å²) in [5.41, 5.74) is -0.429. The molecule has 0 aromatic heterocycles. The molecule has 0 atom stereocenters. The Balaban J connectivity index is 1.66. The van der Waals surface area contributed by atoms with Gasteiger partial charge in [0.25, 0.3) is 5.91 Å². The van der Waals surface area contributed by atoms with Crippen molar-refractivity contribution in [2.24, 2.45) is 0 Å². The quantitative estimate of drug-likeness (QED) is 0.834. The van der Waals surface area contributed by atoms with Crippen molar-refractivity contribution in [1.82, 2.24) is 10.2 Å². The molecule has 0 radical (unpaired) electrons. The zero-order valence-electron chi connectivity index (χ0n) is 13.3. The van der Waals surface area contributed by atoms with E-state index in [-0.39, 0.29) is 12.5 Å². The maximum Gasteiger partial charge on any atom is 0.325 e. The molecule has 6 nitrogen and oxygen atoms in total. The molecule has 4 amide bonds. The SMILES string of the molecule is O=C(CN1C(=O)NC2(CCCCCC2)C1=O)Nc1ccc(F)cc1. The molecule has 24 heavy (non-hydrogen) atoms. The first-order valence-electron chi connectivity index (χ1n) is 8.20. The van der Waals surface area contributed by atoms with Crippen LogP contribution in [0.5, 0.6) is 0 Å². The van der Waals surface area contributed by atoms with Gasteiger partial charge < -0.3 is 10.6 Å². The van der Waals surface area contributed by atoms with Crippen molar-refractivity contribution in [1.29, 1.82) is 0 Å². The van der Waals surface area contributed by atoms with Gasteiger partial charge >= 0.3 is 6.03 Å². The second-order valence-corrected chi connectivity index (χ2v) is 6.37. The minimum Gasteiger partial charge on any atom is -0.325 e. The van der Waals surface area contributed by atoms with Gasteiger partial charge in [-0.15, -0.1) is 0 Å². The molecule has 1 heterocycles. The summed E-state index contributed by atoms with van der Waals surface area (Å²) in [5, 5.41) is 5.35. The summed E-state index contributed by atoms with van der Waals surface area (Å²) in [6, 6.07) is 4.78. The zero-order chi connectivity index (χ0) is 17.2. The molecule has 7 heteroatoms. The van der Waals surface area contributed by atoms with Crippen LogP contribution in [0.15, 0.2) is 24.3 Å².